The molecular formula is C8H7ClN2. The van der Waals surface area contributed by atoms with Gasteiger partial charge in [0.15, 0.2) is 0 Å². The maximum Gasteiger partial charge on any atom is 0.222 e. The van der Waals surface area contributed by atoms with Crippen LogP contribution in [0.25, 0.3) is 5.57 Å². The maximum absolute atomic E-state index is 5.60. The molecule has 0 aliphatic heterocycles. The summed E-state index contributed by atoms with van der Waals surface area (Å²) in [4.78, 5) is 7.96. The van der Waals surface area contributed by atoms with Gasteiger partial charge in [-0.1, -0.05) is 6.08 Å². The molecular weight excluding hydrogens is 160 g/mol. The van der Waals surface area contributed by atoms with Crippen molar-refractivity contribution in [2.24, 2.45) is 0 Å². The van der Waals surface area contributed by atoms with Crippen LogP contribution in [0, 0.1) is 6.92 Å². The molecule has 1 aromatic heterocycles. The molecule has 0 radical (unpaired) electrons. The predicted octanol–water partition coefficient (Wildman–Crippen LogP) is 2.23. The molecule has 0 N–H and O–H groups in total. The van der Waals surface area contributed by atoms with Gasteiger partial charge in [-0.15, -0.1) is 0 Å². The minimum absolute atomic E-state index is 0.326. The van der Waals surface area contributed by atoms with E-state index in [2.05, 4.69) is 16.0 Å². The smallest absolute Gasteiger partial charge is 0.222 e. The monoisotopic (exact) mass is 166 g/mol. The Morgan fingerprint density at radius 2 is 2.27 bits per heavy atom. The summed E-state index contributed by atoms with van der Waals surface area (Å²) >= 11 is 5.60. The lowest BCUT2D eigenvalue weighted by Gasteiger charge is -1.98. The van der Waals surface area contributed by atoms with Crippen molar-refractivity contribution in [1.29, 1.82) is 0 Å². The number of hydrogen-bond acceptors (Lipinski definition) is 2. The van der Waals surface area contributed by atoms with E-state index >= 15 is 0 Å². The van der Waals surface area contributed by atoms with Crippen molar-refractivity contribution in [2.75, 3.05) is 0 Å². The van der Waals surface area contributed by atoms with Gasteiger partial charge in [-0.25, -0.2) is 9.97 Å². The molecule has 0 fully saturated rings. The number of nitrogens with zero attached hydrogens (tertiary/aromatic N) is 2. The third-order valence-corrected chi connectivity index (χ3v) is 1.89. The maximum atomic E-state index is 5.60. The second-order valence-electron chi connectivity index (χ2n) is 2.57. The van der Waals surface area contributed by atoms with Gasteiger partial charge in [0.25, 0.3) is 0 Å². The van der Waals surface area contributed by atoms with E-state index in [0.717, 1.165) is 17.7 Å². The Balaban J connectivity index is 2.48. The van der Waals surface area contributed by atoms with Gasteiger partial charge in [0.1, 0.15) is 0 Å². The first kappa shape index (κ1) is 6.80. The van der Waals surface area contributed by atoms with Crippen molar-refractivity contribution in [3.8, 4) is 0 Å². The molecule has 0 aromatic carbocycles. The van der Waals surface area contributed by atoms with Crippen LogP contribution in [0.4, 0.5) is 0 Å². The van der Waals surface area contributed by atoms with Gasteiger partial charge >= 0.3 is 0 Å². The van der Waals surface area contributed by atoms with E-state index in [-0.39, 0.29) is 0 Å². The third kappa shape index (κ3) is 1.26. The van der Waals surface area contributed by atoms with E-state index in [1.54, 1.807) is 6.20 Å². The lowest BCUT2D eigenvalue weighted by molar-refractivity contribution is 1.09. The highest BCUT2D eigenvalue weighted by atomic mass is 35.5. The third-order valence-electron chi connectivity index (χ3n) is 1.70. The number of hydrogen-bond donors (Lipinski definition) is 0. The molecule has 0 bridgehead atoms. The Morgan fingerprint density at radius 1 is 1.55 bits per heavy atom. The highest BCUT2D eigenvalue weighted by Gasteiger charge is 2.13. The van der Waals surface area contributed by atoms with Crippen molar-refractivity contribution in [3.63, 3.8) is 0 Å². The molecule has 0 amide bonds. The molecule has 0 atom stereocenters. The number of halogens is 1. The van der Waals surface area contributed by atoms with Gasteiger partial charge in [-0.2, -0.15) is 0 Å². The Morgan fingerprint density at radius 3 is 2.82 bits per heavy atom. The second-order valence-corrected chi connectivity index (χ2v) is 2.91. The van der Waals surface area contributed by atoms with Crippen LogP contribution < -0.4 is 0 Å². The summed E-state index contributed by atoms with van der Waals surface area (Å²) in [6.45, 7) is 1.95. The SMILES string of the molecule is Cc1nc(Cl)ncc1C1=CC1. The van der Waals surface area contributed by atoms with Crippen molar-refractivity contribution in [2.45, 2.75) is 13.3 Å². The van der Waals surface area contributed by atoms with Gasteiger partial charge in [-0.05, 0) is 30.5 Å². The molecule has 1 aliphatic carbocycles. The van der Waals surface area contributed by atoms with Crippen LogP contribution in [0.15, 0.2) is 12.3 Å². The highest BCUT2D eigenvalue weighted by molar-refractivity contribution is 6.28. The average Bonchev–Trinajstić information content (AvgIpc) is 2.70. The Labute approximate surface area is 69.9 Å². The van der Waals surface area contributed by atoms with Gasteiger partial charge in [0.2, 0.25) is 5.28 Å². The lowest BCUT2D eigenvalue weighted by Crippen LogP contribution is -1.90. The normalized spacial score (nSPS) is 14.5. The van der Waals surface area contributed by atoms with Crippen molar-refractivity contribution in [1.82, 2.24) is 9.97 Å². The fourth-order valence-corrected chi connectivity index (χ4v) is 1.20. The summed E-state index contributed by atoms with van der Waals surface area (Å²) in [5.41, 5.74) is 3.43. The van der Waals surface area contributed by atoms with Crippen LogP contribution in [0.3, 0.4) is 0 Å². The number of rotatable bonds is 1. The molecule has 0 saturated carbocycles. The van der Waals surface area contributed by atoms with E-state index in [9.17, 15) is 0 Å². The van der Waals surface area contributed by atoms with Gasteiger partial charge in [0.05, 0.1) is 0 Å². The van der Waals surface area contributed by atoms with Crippen LogP contribution in [0.2, 0.25) is 5.28 Å². The molecule has 0 saturated heterocycles. The minimum Gasteiger partial charge on any atom is -0.226 e. The van der Waals surface area contributed by atoms with Crippen molar-refractivity contribution < 1.29 is 0 Å². The molecule has 1 aromatic rings. The molecule has 11 heavy (non-hydrogen) atoms. The Bertz CT molecular complexity index is 331. The average molecular weight is 167 g/mol. The van der Waals surface area contributed by atoms with E-state index in [4.69, 9.17) is 11.6 Å². The molecule has 2 nitrogen and oxygen atoms in total. The van der Waals surface area contributed by atoms with Crippen LogP contribution in [0.5, 0.6) is 0 Å². The predicted molar refractivity (Wildman–Crippen MR) is 44.4 cm³/mol. The molecule has 2 rings (SSSR count). The Kier molecular flexibility index (Phi) is 1.43. The van der Waals surface area contributed by atoms with Crippen LogP contribution in [-0.2, 0) is 0 Å². The lowest BCUT2D eigenvalue weighted by atomic mass is 10.2. The van der Waals surface area contributed by atoms with Crippen LogP contribution in [0.1, 0.15) is 17.7 Å². The summed E-state index contributed by atoms with van der Waals surface area (Å²) < 4.78 is 0. The summed E-state index contributed by atoms with van der Waals surface area (Å²) in [7, 11) is 0. The van der Waals surface area contributed by atoms with Crippen LogP contribution >= 0.6 is 11.6 Å². The van der Waals surface area contributed by atoms with Crippen LogP contribution in [-0.4, -0.2) is 9.97 Å². The fraction of sp³-hybridized carbons (Fsp3) is 0.250. The first-order chi connectivity index (χ1) is 5.27. The minimum atomic E-state index is 0.326. The number of aryl methyl sites for hydroxylation is 1. The molecule has 0 unspecified atom stereocenters. The van der Waals surface area contributed by atoms with E-state index in [1.165, 1.54) is 5.57 Å². The molecule has 1 heterocycles. The zero-order valence-electron chi connectivity index (χ0n) is 6.13. The summed E-state index contributed by atoms with van der Waals surface area (Å²) in [5.74, 6) is 0. The fourth-order valence-electron chi connectivity index (χ4n) is 1.02. The zero-order chi connectivity index (χ0) is 7.84. The standard InChI is InChI=1S/C8H7ClN2/c1-5-7(6-2-3-6)4-10-8(9)11-5/h2,4H,3H2,1H3. The Hall–Kier alpha value is -0.890. The largest absolute Gasteiger partial charge is 0.226 e. The highest BCUT2D eigenvalue weighted by Crippen LogP contribution is 2.31. The number of allylic oxidation sites excluding steroid dienone is 2. The van der Waals surface area contributed by atoms with Crippen molar-refractivity contribution in [3.05, 3.63) is 28.8 Å². The molecule has 1 aliphatic rings. The first-order valence-corrected chi connectivity index (χ1v) is 3.84. The first-order valence-electron chi connectivity index (χ1n) is 3.46. The molecule has 0 spiro atoms. The topological polar surface area (TPSA) is 25.8 Å². The zero-order valence-corrected chi connectivity index (χ0v) is 6.89. The van der Waals surface area contributed by atoms with E-state index in [1.807, 2.05) is 6.92 Å². The van der Waals surface area contributed by atoms with E-state index < -0.39 is 0 Å². The number of aromatic nitrogens is 2. The van der Waals surface area contributed by atoms with E-state index in [0.29, 0.717) is 5.28 Å². The summed E-state index contributed by atoms with van der Waals surface area (Å²) in [6, 6.07) is 0. The van der Waals surface area contributed by atoms with Gasteiger partial charge in [-0.3, -0.25) is 0 Å². The molecule has 3 heteroatoms. The quantitative estimate of drug-likeness (QED) is 0.598. The summed E-state index contributed by atoms with van der Waals surface area (Å²) in [6.07, 6.45) is 5.01. The van der Waals surface area contributed by atoms with Crippen molar-refractivity contribution >= 4 is 17.2 Å². The van der Waals surface area contributed by atoms with Gasteiger partial charge in [0, 0.05) is 17.5 Å². The summed E-state index contributed by atoms with van der Waals surface area (Å²) in [5, 5.41) is 0.326. The molecule has 56 valence electrons. The second kappa shape index (κ2) is 2.31. The van der Waals surface area contributed by atoms with Gasteiger partial charge < -0.3 is 0 Å².